The van der Waals surface area contributed by atoms with E-state index in [1.54, 1.807) is 0 Å². The number of aliphatic hydroxyl groups is 1. The van der Waals surface area contributed by atoms with Gasteiger partial charge in [-0.25, -0.2) is 0 Å². The van der Waals surface area contributed by atoms with E-state index in [4.69, 9.17) is 9.84 Å². The fraction of sp³-hybridized carbons (Fsp3) is 0.905. The van der Waals surface area contributed by atoms with Gasteiger partial charge >= 0.3 is 0 Å². The van der Waals surface area contributed by atoms with Crippen molar-refractivity contribution in [2.75, 3.05) is 19.8 Å². The zero-order valence-corrected chi connectivity index (χ0v) is 17.8. The van der Waals surface area contributed by atoms with E-state index in [-0.39, 0.29) is 6.61 Å². The van der Waals surface area contributed by atoms with Crippen LogP contribution in [0.2, 0.25) is 19.1 Å². The molecule has 0 spiro atoms. The largest absolute Gasteiger partial charge is 0.394 e. The highest BCUT2D eigenvalue weighted by atomic mass is 28.3. The summed E-state index contributed by atoms with van der Waals surface area (Å²) in [5.41, 5.74) is 3.60. The molecule has 0 bridgehead atoms. The molecule has 24 heavy (non-hydrogen) atoms. The van der Waals surface area contributed by atoms with Gasteiger partial charge in [-0.15, -0.1) is 11.5 Å². The molecule has 0 radical (unpaired) electrons. The van der Waals surface area contributed by atoms with Crippen molar-refractivity contribution in [2.24, 2.45) is 5.92 Å². The van der Waals surface area contributed by atoms with Gasteiger partial charge in [-0.05, 0) is 24.8 Å². The molecular weight excluding hydrogens is 312 g/mol. The van der Waals surface area contributed by atoms with E-state index in [1.807, 2.05) is 0 Å². The van der Waals surface area contributed by atoms with Gasteiger partial charge in [0, 0.05) is 13.0 Å². The van der Waals surface area contributed by atoms with Crippen LogP contribution >= 0.6 is 0 Å². The van der Waals surface area contributed by atoms with Crippen LogP contribution in [0.4, 0.5) is 0 Å². The Hall–Kier alpha value is -0.303. The molecule has 0 aromatic heterocycles. The normalized spacial score (nSPS) is 11.6. The van der Waals surface area contributed by atoms with Gasteiger partial charge < -0.3 is 9.84 Å². The lowest BCUT2D eigenvalue weighted by atomic mass is 10.1. The summed E-state index contributed by atoms with van der Waals surface area (Å²) in [6.07, 6.45) is 12.9. The molecule has 0 heterocycles. The molecule has 0 saturated carbocycles. The van der Waals surface area contributed by atoms with E-state index < -0.39 is 8.07 Å². The average Bonchev–Trinajstić information content (AvgIpc) is 2.49. The second-order valence-corrected chi connectivity index (χ2v) is 12.5. The van der Waals surface area contributed by atoms with E-state index in [1.165, 1.54) is 57.4 Å². The van der Waals surface area contributed by atoms with Crippen LogP contribution in [-0.2, 0) is 4.74 Å². The van der Waals surface area contributed by atoms with Crippen LogP contribution in [0.1, 0.15) is 78.1 Å². The lowest BCUT2D eigenvalue weighted by Gasteiger charge is -2.16. The van der Waals surface area contributed by atoms with E-state index in [9.17, 15) is 0 Å². The van der Waals surface area contributed by atoms with Crippen molar-refractivity contribution in [3.8, 4) is 11.5 Å². The standard InChI is InChI=1S/C21H42O2Si/c1-21(2)20-24(3,4)19-15-13-11-9-7-5-6-8-10-12-14-17-23-18-16-22/h21-22H,5-14,16-18,20H2,1-4H3. The van der Waals surface area contributed by atoms with Crippen LogP contribution in [0.25, 0.3) is 0 Å². The molecule has 0 aliphatic carbocycles. The smallest absolute Gasteiger partial charge is 0.132 e. The number of hydrogen-bond donors (Lipinski definition) is 1. The van der Waals surface area contributed by atoms with Gasteiger partial charge in [-0.3, -0.25) is 0 Å². The van der Waals surface area contributed by atoms with E-state index in [0.717, 1.165) is 25.4 Å². The summed E-state index contributed by atoms with van der Waals surface area (Å²) in [5, 5.41) is 8.59. The van der Waals surface area contributed by atoms with E-state index >= 15 is 0 Å². The van der Waals surface area contributed by atoms with Crippen LogP contribution in [0, 0.1) is 17.4 Å². The van der Waals surface area contributed by atoms with E-state index in [2.05, 4.69) is 38.4 Å². The zero-order valence-electron chi connectivity index (χ0n) is 16.8. The topological polar surface area (TPSA) is 29.5 Å². The third kappa shape index (κ3) is 18.0. The molecular formula is C21H42O2Si. The van der Waals surface area contributed by atoms with Gasteiger partial charge in [-0.1, -0.05) is 71.9 Å². The maximum Gasteiger partial charge on any atom is 0.132 e. The Bertz CT molecular complexity index is 328. The van der Waals surface area contributed by atoms with Gasteiger partial charge in [-0.2, -0.15) is 0 Å². The lowest BCUT2D eigenvalue weighted by molar-refractivity contribution is 0.0895. The third-order valence-corrected chi connectivity index (χ3v) is 6.86. The molecule has 142 valence electrons. The van der Waals surface area contributed by atoms with Gasteiger partial charge in [0.1, 0.15) is 8.07 Å². The summed E-state index contributed by atoms with van der Waals surface area (Å²) >= 11 is 0. The summed E-state index contributed by atoms with van der Waals surface area (Å²) in [5.74, 6) is 4.24. The second-order valence-electron chi connectivity index (χ2n) is 8.05. The van der Waals surface area contributed by atoms with Crippen molar-refractivity contribution in [3.05, 3.63) is 0 Å². The molecule has 0 unspecified atom stereocenters. The first-order valence-electron chi connectivity index (χ1n) is 10.2. The van der Waals surface area contributed by atoms with Crippen molar-refractivity contribution < 1.29 is 9.84 Å². The molecule has 0 aliphatic heterocycles. The summed E-state index contributed by atoms with van der Waals surface area (Å²) < 4.78 is 5.26. The molecule has 2 nitrogen and oxygen atoms in total. The molecule has 0 rings (SSSR count). The third-order valence-electron chi connectivity index (χ3n) is 4.17. The highest BCUT2D eigenvalue weighted by Crippen LogP contribution is 2.15. The molecule has 0 saturated heterocycles. The van der Waals surface area contributed by atoms with Crippen LogP contribution in [0.5, 0.6) is 0 Å². The molecule has 0 atom stereocenters. The minimum Gasteiger partial charge on any atom is -0.394 e. The monoisotopic (exact) mass is 354 g/mol. The Morgan fingerprint density at radius 3 is 1.92 bits per heavy atom. The predicted octanol–water partition coefficient (Wildman–Crippen LogP) is 5.80. The van der Waals surface area contributed by atoms with E-state index in [0.29, 0.717) is 6.61 Å². The van der Waals surface area contributed by atoms with Gasteiger partial charge in [0.25, 0.3) is 0 Å². The Kier molecular flexibility index (Phi) is 16.0. The summed E-state index contributed by atoms with van der Waals surface area (Å²) in [4.78, 5) is 0. The van der Waals surface area contributed by atoms with Gasteiger partial charge in [0.2, 0.25) is 0 Å². The first-order valence-corrected chi connectivity index (χ1v) is 13.4. The highest BCUT2D eigenvalue weighted by Gasteiger charge is 2.18. The van der Waals surface area contributed by atoms with Crippen molar-refractivity contribution in [1.29, 1.82) is 0 Å². The van der Waals surface area contributed by atoms with Crippen molar-refractivity contribution in [1.82, 2.24) is 0 Å². The predicted molar refractivity (Wildman–Crippen MR) is 109 cm³/mol. The molecule has 3 heteroatoms. The van der Waals surface area contributed by atoms with Crippen LogP contribution < -0.4 is 0 Å². The minimum atomic E-state index is -1.25. The SMILES string of the molecule is CC(C)C[Si](C)(C)C#CCCCCCCCCCCCOCCO. The first kappa shape index (κ1) is 23.7. The number of hydrogen-bond acceptors (Lipinski definition) is 2. The number of rotatable bonds is 15. The summed E-state index contributed by atoms with van der Waals surface area (Å²) in [7, 11) is -1.25. The quantitative estimate of drug-likeness (QED) is 0.229. The van der Waals surface area contributed by atoms with Crippen molar-refractivity contribution >= 4 is 8.07 Å². The Labute approximate surface area is 152 Å². The summed E-state index contributed by atoms with van der Waals surface area (Å²) in [6.45, 7) is 10.9. The zero-order chi connectivity index (χ0) is 18.1. The number of aliphatic hydroxyl groups excluding tert-OH is 1. The highest BCUT2D eigenvalue weighted by molar-refractivity contribution is 6.85. The minimum absolute atomic E-state index is 0.142. The molecule has 0 aliphatic rings. The average molecular weight is 355 g/mol. The van der Waals surface area contributed by atoms with Crippen molar-refractivity contribution in [2.45, 2.75) is 97.2 Å². The molecule has 1 N–H and O–H groups in total. The van der Waals surface area contributed by atoms with Gasteiger partial charge in [0.15, 0.2) is 0 Å². The van der Waals surface area contributed by atoms with Crippen LogP contribution in [0.15, 0.2) is 0 Å². The molecule has 0 amide bonds. The molecule has 0 aromatic carbocycles. The lowest BCUT2D eigenvalue weighted by Crippen LogP contribution is -2.25. The Morgan fingerprint density at radius 1 is 0.833 bits per heavy atom. The van der Waals surface area contributed by atoms with Crippen molar-refractivity contribution in [3.63, 3.8) is 0 Å². The number of unbranched alkanes of at least 4 members (excludes halogenated alkanes) is 9. The fourth-order valence-electron chi connectivity index (χ4n) is 3.19. The maximum atomic E-state index is 8.59. The van der Waals surface area contributed by atoms with Crippen LogP contribution in [-0.4, -0.2) is 33.0 Å². The Balaban J connectivity index is 3.32. The van der Waals surface area contributed by atoms with Gasteiger partial charge in [0.05, 0.1) is 13.2 Å². The molecule has 0 fully saturated rings. The molecule has 0 aromatic rings. The second kappa shape index (κ2) is 16.2. The fourth-order valence-corrected chi connectivity index (χ4v) is 5.94. The Morgan fingerprint density at radius 2 is 1.38 bits per heavy atom. The number of ether oxygens (including phenoxy) is 1. The maximum absolute atomic E-state index is 8.59. The summed E-state index contributed by atoms with van der Waals surface area (Å²) in [6, 6.07) is 1.33. The van der Waals surface area contributed by atoms with Crippen LogP contribution in [0.3, 0.4) is 0 Å². The first-order chi connectivity index (χ1) is 11.5.